The molecule has 5 nitrogen and oxygen atoms in total. The number of hydrogen-bond donors (Lipinski definition) is 1. The summed E-state index contributed by atoms with van der Waals surface area (Å²) in [6.45, 7) is 9.46. The largest absolute Gasteiger partial charge is 0.487 e. The van der Waals surface area contributed by atoms with Gasteiger partial charge in [0.1, 0.15) is 23.7 Å². The van der Waals surface area contributed by atoms with Crippen molar-refractivity contribution >= 4 is 0 Å². The smallest absolute Gasteiger partial charge is 0.145 e. The Bertz CT molecular complexity index is 558. The molecule has 0 aliphatic heterocycles. The van der Waals surface area contributed by atoms with Gasteiger partial charge >= 0.3 is 0 Å². The molecule has 0 radical (unpaired) electrons. The van der Waals surface area contributed by atoms with Crippen LogP contribution in [-0.4, -0.2) is 15.9 Å². The molecule has 1 N–H and O–H groups in total. The topological polar surface area (TPSA) is 60.2 Å². The number of rotatable bonds is 5. The molecule has 0 atom stereocenters. The second-order valence-electron chi connectivity index (χ2n) is 5.84. The van der Waals surface area contributed by atoms with E-state index >= 15 is 0 Å². The standard InChI is InChI=1S/C15H21N3O2/c1-11-14(18-20-17-11)10-19-13-7-5-6-12(8-13)9-16-15(2,3)4/h5-8,16H,9-10H2,1-4H3. The molecule has 5 heteroatoms. The average molecular weight is 275 g/mol. The normalized spacial score (nSPS) is 11.6. The third-order valence-corrected chi connectivity index (χ3v) is 2.84. The molecule has 0 unspecified atom stereocenters. The van der Waals surface area contributed by atoms with Crippen LogP contribution in [0.25, 0.3) is 0 Å². The third kappa shape index (κ3) is 4.35. The zero-order valence-corrected chi connectivity index (χ0v) is 12.4. The summed E-state index contributed by atoms with van der Waals surface area (Å²) in [7, 11) is 0. The van der Waals surface area contributed by atoms with Gasteiger partial charge in [-0.05, 0) is 45.4 Å². The SMILES string of the molecule is Cc1nonc1COc1cccc(CNC(C)(C)C)c1. The summed E-state index contributed by atoms with van der Waals surface area (Å²) in [5.74, 6) is 0.820. The van der Waals surface area contributed by atoms with Gasteiger partial charge in [-0.2, -0.15) is 0 Å². The molecule has 0 amide bonds. The van der Waals surface area contributed by atoms with Crippen molar-refractivity contribution in [3.8, 4) is 5.75 Å². The van der Waals surface area contributed by atoms with Crippen LogP contribution in [0.4, 0.5) is 0 Å². The van der Waals surface area contributed by atoms with Crippen molar-refractivity contribution < 1.29 is 9.37 Å². The molecule has 0 bridgehead atoms. The van der Waals surface area contributed by atoms with Crippen LogP contribution in [0, 0.1) is 6.92 Å². The van der Waals surface area contributed by atoms with Gasteiger partial charge in [0.2, 0.25) is 0 Å². The number of aromatic nitrogens is 2. The van der Waals surface area contributed by atoms with Gasteiger partial charge in [-0.3, -0.25) is 0 Å². The summed E-state index contributed by atoms with van der Waals surface area (Å²) in [4.78, 5) is 0. The lowest BCUT2D eigenvalue weighted by Gasteiger charge is -2.20. The fourth-order valence-corrected chi connectivity index (χ4v) is 1.64. The molecule has 0 aliphatic carbocycles. The molecular weight excluding hydrogens is 254 g/mol. The molecule has 2 aromatic rings. The van der Waals surface area contributed by atoms with Crippen LogP contribution in [0.2, 0.25) is 0 Å². The van der Waals surface area contributed by atoms with Crippen LogP contribution >= 0.6 is 0 Å². The van der Waals surface area contributed by atoms with E-state index in [0.717, 1.165) is 23.7 Å². The summed E-state index contributed by atoms with van der Waals surface area (Å²) in [5, 5.41) is 11.0. The maximum Gasteiger partial charge on any atom is 0.145 e. The van der Waals surface area contributed by atoms with Crippen LogP contribution < -0.4 is 10.1 Å². The molecule has 0 saturated carbocycles. The summed E-state index contributed by atoms with van der Waals surface area (Å²) in [6, 6.07) is 8.03. The number of nitrogens with one attached hydrogen (secondary N) is 1. The Morgan fingerprint density at radius 3 is 2.70 bits per heavy atom. The molecule has 108 valence electrons. The molecule has 20 heavy (non-hydrogen) atoms. The Hall–Kier alpha value is -1.88. The van der Waals surface area contributed by atoms with Crippen LogP contribution in [0.3, 0.4) is 0 Å². The molecule has 2 rings (SSSR count). The van der Waals surface area contributed by atoms with Crippen molar-refractivity contribution in [1.29, 1.82) is 0 Å². The monoisotopic (exact) mass is 275 g/mol. The minimum absolute atomic E-state index is 0.0976. The Morgan fingerprint density at radius 1 is 1.25 bits per heavy atom. The Labute approximate surface area is 119 Å². The fourth-order valence-electron chi connectivity index (χ4n) is 1.64. The first-order valence-electron chi connectivity index (χ1n) is 6.69. The number of aryl methyl sites for hydroxylation is 1. The van der Waals surface area contributed by atoms with Crippen molar-refractivity contribution in [2.24, 2.45) is 0 Å². The predicted molar refractivity (Wildman–Crippen MR) is 76.4 cm³/mol. The summed E-state index contributed by atoms with van der Waals surface area (Å²) < 4.78 is 10.4. The number of hydrogen-bond acceptors (Lipinski definition) is 5. The van der Waals surface area contributed by atoms with Crippen LogP contribution in [-0.2, 0) is 13.2 Å². The van der Waals surface area contributed by atoms with Crippen LogP contribution in [0.15, 0.2) is 28.9 Å². The van der Waals surface area contributed by atoms with Gasteiger partial charge in [-0.25, -0.2) is 4.63 Å². The minimum atomic E-state index is 0.0976. The Kier molecular flexibility index (Phi) is 4.39. The minimum Gasteiger partial charge on any atom is -0.487 e. The number of ether oxygens (including phenoxy) is 1. The molecule has 1 heterocycles. The van der Waals surface area contributed by atoms with Gasteiger partial charge in [-0.1, -0.05) is 22.4 Å². The van der Waals surface area contributed by atoms with E-state index < -0.39 is 0 Å². The molecule has 0 spiro atoms. The lowest BCUT2D eigenvalue weighted by atomic mass is 10.1. The lowest BCUT2D eigenvalue weighted by molar-refractivity contribution is 0.270. The van der Waals surface area contributed by atoms with E-state index in [2.05, 4.69) is 47.1 Å². The highest BCUT2D eigenvalue weighted by Crippen LogP contribution is 2.16. The number of nitrogens with zero attached hydrogens (tertiary/aromatic N) is 2. The quantitative estimate of drug-likeness (QED) is 0.909. The summed E-state index contributed by atoms with van der Waals surface area (Å²) in [5.41, 5.74) is 2.77. The van der Waals surface area contributed by atoms with Crippen molar-refractivity contribution in [2.45, 2.75) is 46.4 Å². The highest BCUT2D eigenvalue weighted by molar-refractivity contribution is 5.28. The maximum atomic E-state index is 5.71. The van der Waals surface area contributed by atoms with Gasteiger partial charge in [0.25, 0.3) is 0 Å². The van der Waals surface area contributed by atoms with Gasteiger partial charge < -0.3 is 10.1 Å². The van der Waals surface area contributed by atoms with Crippen LogP contribution in [0.5, 0.6) is 5.75 Å². The molecule has 1 aromatic heterocycles. The molecular formula is C15H21N3O2. The van der Waals surface area contributed by atoms with Gasteiger partial charge in [-0.15, -0.1) is 0 Å². The molecule has 0 aliphatic rings. The van der Waals surface area contributed by atoms with Crippen LogP contribution in [0.1, 0.15) is 37.7 Å². The molecule has 1 aromatic carbocycles. The van der Waals surface area contributed by atoms with Gasteiger partial charge in [0.15, 0.2) is 0 Å². The maximum absolute atomic E-state index is 5.71. The highest BCUT2D eigenvalue weighted by Gasteiger charge is 2.09. The van der Waals surface area contributed by atoms with E-state index in [0.29, 0.717) is 6.61 Å². The first-order valence-corrected chi connectivity index (χ1v) is 6.69. The van der Waals surface area contributed by atoms with E-state index in [-0.39, 0.29) is 5.54 Å². The van der Waals surface area contributed by atoms with Crippen molar-refractivity contribution in [2.75, 3.05) is 0 Å². The molecule has 0 saturated heterocycles. The first-order chi connectivity index (χ1) is 9.44. The summed E-state index contributed by atoms with van der Waals surface area (Å²) in [6.07, 6.45) is 0. The van der Waals surface area contributed by atoms with E-state index in [4.69, 9.17) is 4.74 Å². The second-order valence-corrected chi connectivity index (χ2v) is 5.84. The lowest BCUT2D eigenvalue weighted by Crippen LogP contribution is -2.35. The first kappa shape index (κ1) is 14.5. The zero-order valence-electron chi connectivity index (χ0n) is 12.4. The van der Waals surface area contributed by atoms with E-state index in [1.54, 1.807) is 0 Å². The van der Waals surface area contributed by atoms with Gasteiger partial charge in [0.05, 0.1) is 0 Å². The number of benzene rings is 1. The Balaban J connectivity index is 1.94. The second kappa shape index (κ2) is 6.05. The van der Waals surface area contributed by atoms with E-state index in [1.165, 1.54) is 5.56 Å². The summed E-state index contributed by atoms with van der Waals surface area (Å²) >= 11 is 0. The highest BCUT2D eigenvalue weighted by atomic mass is 16.6. The predicted octanol–water partition coefficient (Wildman–Crippen LogP) is 2.85. The average Bonchev–Trinajstić information content (AvgIpc) is 2.79. The third-order valence-electron chi connectivity index (χ3n) is 2.84. The van der Waals surface area contributed by atoms with Crippen molar-refractivity contribution in [3.05, 3.63) is 41.2 Å². The molecule has 0 fully saturated rings. The van der Waals surface area contributed by atoms with E-state index in [9.17, 15) is 0 Å². The van der Waals surface area contributed by atoms with Crippen molar-refractivity contribution in [3.63, 3.8) is 0 Å². The van der Waals surface area contributed by atoms with Crippen molar-refractivity contribution in [1.82, 2.24) is 15.6 Å². The zero-order chi connectivity index (χ0) is 14.6. The van der Waals surface area contributed by atoms with Gasteiger partial charge in [0, 0.05) is 12.1 Å². The fraction of sp³-hybridized carbons (Fsp3) is 0.467. The van der Waals surface area contributed by atoms with E-state index in [1.807, 2.05) is 25.1 Å². The Morgan fingerprint density at radius 2 is 2.05 bits per heavy atom.